The van der Waals surface area contributed by atoms with Gasteiger partial charge in [0, 0.05) is 32.7 Å². The summed E-state index contributed by atoms with van der Waals surface area (Å²) in [5, 5.41) is 4.05. The molecule has 5 nitrogen and oxygen atoms in total. The molecular formula is C19H30FN3O2S2. The maximum absolute atomic E-state index is 13.0. The van der Waals surface area contributed by atoms with Crippen molar-refractivity contribution >= 4 is 27.4 Å². The molecule has 0 amide bonds. The average Bonchev–Trinajstić information content (AvgIpc) is 2.68. The smallest absolute Gasteiger partial charge is 0.243 e. The van der Waals surface area contributed by atoms with Gasteiger partial charge in [0.15, 0.2) is 5.11 Å². The fraction of sp³-hybridized carbons (Fsp3) is 0.632. The molecule has 1 aliphatic heterocycles. The maximum Gasteiger partial charge on any atom is 0.243 e. The number of sulfonamides is 1. The summed E-state index contributed by atoms with van der Waals surface area (Å²) in [6, 6.07) is 4.96. The zero-order valence-corrected chi connectivity index (χ0v) is 17.8. The molecule has 1 saturated heterocycles. The summed E-state index contributed by atoms with van der Waals surface area (Å²) in [5.74, 6) is 0.169. The molecule has 2 rings (SSSR count). The van der Waals surface area contributed by atoms with Gasteiger partial charge in [-0.05, 0) is 48.8 Å². The Bertz CT molecular complexity index is 702. The van der Waals surface area contributed by atoms with Gasteiger partial charge in [-0.2, -0.15) is 4.31 Å². The van der Waals surface area contributed by atoms with Crippen LogP contribution in [0, 0.1) is 11.7 Å². The fourth-order valence-corrected chi connectivity index (χ4v) is 4.86. The van der Waals surface area contributed by atoms with Crippen molar-refractivity contribution in [1.82, 2.24) is 14.5 Å². The van der Waals surface area contributed by atoms with Gasteiger partial charge in [-0.15, -0.1) is 0 Å². The molecule has 1 heterocycles. The highest BCUT2D eigenvalue weighted by Gasteiger charge is 2.29. The minimum absolute atomic E-state index is 0.125. The second-order valence-electron chi connectivity index (χ2n) is 6.95. The number of rotatable bonds is 8. The first kappa shape index (κ1) is 22.0. The van der Waals surface area contributed by atoms with E-state index in [1.165, 1.54) is 47.8 Å². The summed E-state index contributed by atoms with van der Waals surface area (Å²) < 4.78 is 39.8. The summed E-state index contributed by atoms with van der Waals surface area (Å²) in [5.41, 5.74) is 0. The Morgan fingerprint density at radius 3 is 2.37 bits per heavy atom. The third-order valence-electron chi connectivity index (χ3n) is 5.06. The predicted octanol–water partition coefficient (Wildman–Crippen LogP) is 3.22. The van der Waals surface area contributed by atoms with Gasteiger partial charge in [-0.1, -0.05) is 33.1 Å². The van der Waals surface area contributed by atoms with E-state index in [-0.39, 0.29) is 4.90 Å². The van der Waals surface area contributed by atoms with Crippen molar-refractivity contribution in [2.24, 2.45) is 5.92 Å². The van der Waals surface area contributed by atoms with E-state index < -0.39 is 15.8 Å². The Kier molecular flexibility index (Phi) is 8.44. The van der Waals surface area contributed by atoms with Crippen molar-refractivity contribution in [3.05, 3.63) is 30.1 Å². The molecule has 8 heteroatoms. The number of piperazine rings is 1. The van der Waals surface area contributed by atoms with Gasteiger partial charge in [-0.3, -0.25) is 0 Å². The van der Waals surface area contributed by atoms with E-state index in [0.717, 1.165) is 13.0 Å². The summed E-state index contributed by atoms with van der Waals surface area (Å²) in [4.78, 5) is 2.15. The van der Waals surface area contributed by atoms with Gasteiger partial charge in [0.25, 0.3) is 0 Å². The fourth-order valence-electron chi connectivity index (χ4n) is 3.17. The normalized spacial score (nSPS) is 16.9. The molecule has 27 heavy (non-hydrogen) atoms. The van der Waals surface area contributed by atoms with Crippen molar-refractivity contribution in [1.29, 1.82) is 0 Å². The molecule has 1 fully saturated rings. The van der Waals surface area contributed by atoms with Crippen molar-refractivity contribution in [3.8, 4) is 0 Å². The van der Waals surface area contributed by atoms with E-state index in [1.807, 2.05) is 4.90 Å². The van der Waals surface area contributed by atoms with Crippen LogP contribution in [0.1, 0.15) is 39.5 Å². The van der Waals surface area contributed by atoms with Gasteiger partial charge >= 0.3 is 0 Å². The minimum atomic E-state index is -3.59. The standard InChI is InChI=1S/C19H30FN3O2S2/c1-3-5-6-16(4-2)15-21-19(26)22-11-13-23(14-12-22)27(24,25)18-9-7-17(20)8-10-18/h7-10,16H,3-6,11-15H2,1-2H3,(H,21,26)/t16-/m0/s1. The SMILES string of the molecule is CCCC[C@H](CC)CNC(=S)N1CCN(S(=O)(=O)c2ccc(F)cc2)CC1. The minimum Gasteiger partial charge on any atom is -0.362 e. The number of hydrogen-bond acceptors (Lipinski definition) is 3. The summed E-state index contributed by atoms with van der Waals surface area (Å²) in [6.45, 7) is 7.11. The van der Waals surface area contributed by atoms with Gasteiger partial charge in [0.2, 0.25) is 10.0 Å². The predicted molar refractivity (Wildman–Crippen MR) is 111 cm³/mol. The third kappa shape index (κ3) is 6.12. The molecule has 0 spiro atoms. The molecule has 0 unspecified atom stereocenters. The molecule has 1 aromatic rings. The molecule has 152 valence electrons. The number of nitrogens with one attached hydrogen (secondary N) is 1. The molecule has 1 atom stereocenters. The van der Waals surface area contributed by atoms with Gasteiger partial charge in [0.05, 0.1) is 4.90 Å². The Balaban J connectivity index is 1.85. The van der Waals surface area contributed by atoms with Crippen LogP contribution in [-0.4, -0.2) is 55.5 Å². The van der Waals surface area contributed by atoms with Crippen molar-refractivity contribution < 1.29 is 12.8 Å². The summed E-state index contributed by atoms with van der Waals surface area (Å²) in [6.07, 6.45) is 4.75. The van der Waals surface area contributed by atoms with Crippen LogP contribution >= 0.6 is 12.2 Å². The van der Waals surface area contributed by atoms with Crippen molar-refractivity contribution in [3.63, 3.8) is 0 Å². The van der Waals surface area contributed by atoms with E-state index in [1.54, 1.807) is 0 Å². The van der Waals surface area contributed by atoms with E-state index in [4.69, 9.17) is 12.2 Å². The van der Waals surface area contributed by atoms with Gasteiger partial charge in [0.1, 0.15) is 5.82 Å². The Labute approximate surface area is 168 Å². The lowest BCUT2D eigenvalue weighted by Gasteiger charge is -2.35. The highest BCUT2D eigenvalue weighted by atomic mass is 32.2. The average molecular weight is 416 g/mol. The number of unbranched alkanes of at least 4 members (excludes halogenated alkanes) is 1. The molecule has 0 aliphatic carbocycles. The quantitative estimate of drug-likeness (QED) is 0.661. The second kappa shape index (κ2) is 10.3. The molecular weight excluding hydrogens is 385 g/mol. The van der Waals surface area contributed by atoms with Crippen LogP contribution < -0.4 is 5.32 Å². The van der Waals surface area contributed by atoms with E-state index in [0.29, 0.717) is 37.2 Å². The van der Waals surface area contributed by atoms with Crippen molar-refractivity contribution in [2.45, 2.75) is 44.4 Å². The lowest BCUT2D eigenvalue weighted by Crippen LogP contribution is -2.53. The Hall–Kier alpha value is -1.25. The summed E-state index contributed by atoms with van der Waals surface area (Å²) in [7, 11) is -3.59. The molecule has 0 aromatic heterocycles. The van der Waals surface area contributed by atoms with Crippen LogP contribution in [0.25, 0.3) is 0 Å². The first-order valence-electron chi connectivity index (χ1n) is 9.67. The van der Waals surface area contributed by atoms with Crippen LogP contribution in [0.3, 0.4) is 0 Å². The van der Waals surface area contributed by atoms with Crippen LogP contribution in [-0.2, 0) is 10.0 Å². The molecule has 1 N–H and O–H groups in total. The van der Waals surface area contributed by atoms with Crippen LogP contribution in [0.4, 0.5) is 4.39 Å². The van der Waals surface area contributed by atoms with Crippen LogP contribution in [0.5, 0.6) is 0 Å². The van der Waals surface area contributed by atoms with Gasteiger partial charge < -0.3 is 10.2 Å². The molecule has 0 bridgehead atoms. The Morgan fingerprint density at radius 1 is 1.19 bits per heavy atom. The number of halogens is 1. The van der Waals surface area contributed by atoms with E-state index >= 15 is 0 Å². The topological polar surface area (TPSA) is 52.6 Å². The zero-order chi connectivity index (χ0) is 19.9. The van der Waals surface area contributed by atoms with Crippen LogP contribution in [0.15, 0.2) is 29.2 Å². The van der Waals surface area contributed by atoms with Gasteiger partial charge in [-0.25, -0.2) is 12.8 Å². The lowest BCUT2D eigenvalue weighted by molar-refractivity contribution is 0.262. The van der Waals surface area contributed by atoms with Crippen LogP contribution in [0.2, 0.25) is 0 Å². The third-order valence-corrected chi connectivity index (χ3v) is 7.38. The molecule has 1 aliphatic rings. The zero-order valence-electron chi connectivity index (χ0n) is 16.2. The summed E-state index contributed by atoms with van der Waals surface area (Å²) >= 11 is 5.50. The number of nitrogens with zero attached hydrogens (tertiary/aromatic N) is 2. The highest BCUT2D eigenvalue weighted by Crippen LogP contribution is 2.18. The maximum atomic E-state index is 13.0. The second-order valence-corrected chi connectivity index (χ2v) is 9.27. The van der Waals surface area contributed by atoms with Crippen molar-refractivity contribution in [2.75, 3.05) is 32.7 Å². The highest BCUT2D eigenvalue weighted by molar-refractivity contribution is 7.89. The van der Waals surface area contributed by atoms with E-state index in [2.05, 4.69) is 19.2 Å². The first-order valence-corrected chi connectivity index (χ1v) is 11.5. The largest absolute Gasteiger partial charge is 0.362 e. The monoisotopic (exact) mass is 415 g/mol. The number of thiocarbonyl (C=S) groups is 1. The molecule has 0 saturated carbocycles. The first-order chi connectivity index (χ1) is 12.9. The molecule has 1 aromatic carbocycles. The molecule has 0 radical (unpaired) electrons. The number of benzene rings is 1. The number of hydrogen-bond donors (Lipinski definition) is 1. The lowest BCUT2D eigenvalue weighted by atomic mass is 9.99. The Morgan fingerprint density at radius 2 is 1.81 bits per heavy atom. The van der Waals surface area contributed by atoms with E-state index in [9.17, 15) is 12.8 Å².